The number of carboxylic acids is 1. The number of aliphatic hydroxyl groups is 1. The first-order valence-electron chi connectivity index (χ1n) is 3.26. The summed E-state index contributed by atoms with van der Waals surface area (Å²) in [5.41, 5.74) is 5.30. The van der Waals surface area contributed by atoms with Crippen LogP contribution in [0.15, 0.2) is 0 Å². The zero-order valence-corrected chi connectivity index (χ0v) is 7.17. The van der Waals surface area contributed by atoms with E-state index in [1.807, 2.05) is 6.92 Å². The van der Waals surface area contributed by atoms with E-state index in [2.05, 4.69) is 0 Å². The van der Waals surface area contributed by atoms with Crippen molar-refractivity contribution in [2.45, 2.75) is 31.9 Å². The highest BCUT2D eigenvalue weighted by molar-refractivity contribution is 5.85. The Balaban J connectivity index is 0. The summed E-state index contributed by atoms with van der Waals surface area (Å²) in [6.07, 6.45) is -0.0983. The zero-order chi connectivity index (χ0) is 8.15. The van der Waals surface area contributed by atoms with E-state index in [1.165, 1.54) is 0 Å². The van der Waals surface area contributed by atoms with Gasteiger partial charge in [-0.1, -0.05) is 13.3 Å². The number of aliphatic carboxylic acids is 1. The smallest absolute Gasteiger partial charge is 0.334 e. The van der Waals surface area contributed by atoms with E-state index in [1.54, 1.807) is 0 Å². The first kappa shape index (κ1) is 13.3. The van der Waals surface area contributed by atoms with Crippen molar-refractivity contribution < 1.29 is 15.0 Å². The van der Waals surface area contributed by atoms with Crippen LogP contribution in [-0.2, 0) is 4.79 Å². The van der Waals surface area contributed by atoms with Gasteiger partial charge in [-0.3, -0.25) is 0 Å². The number of hydrogen-bond donors (Lipinski definition) is 3. The van der Waals surface area contributed by atoms with Crippen molar-refractivity contribution >= 4 is 18.4 Å². The fourth-order valence-electron chi connectivity index (χ4n) is 0.674. The Hall–Kier alpha value is -0.320. The van der Waals surface area contributed by atoms with E-state index >= 15 is 0 Å². The standard InChI is InChI=1S/C6H13NO3.ClH/c1-2-3-4(7)5(8)6(9)10;/h4-5,8H,2-3,7H2,1H3,(H,9,10);1H/t4-,5-;/m1./s1. The minimum atomic E-state index is -1.42. The summed E-state index contributed by atoms with van der Waals surface area (Å²) in [7, 11) is 0. The van der Waals surface area contributed by atoms with Crippen LogP contribution in [0, 0.1) is 0 Å². The van der Waals surface area contributed by atoms with Crippen molar-refractivity contribution in [3.8, 4) is 0 Å². The first-order valence-corrected chi connectivity index (χ1v) is 3.26. The molecule has 68 valence electrons. The summed E-state index contributed by atoms with van der Waals surface area (Å²) in [5, 5.41) is 17.1. The van der Waals surface area contributed by atoms with Gasteiger partial charge in [0.05, 0.1) is 0 Å². The number of carbonyl (C=O) groups is 1. The third-order valence-electron chi connectivity index (χ3n) is 1.28. The number of carboxylic acid groups (broad SMARTS) is 1. The van der Waals surface area contributed by atoms with E-state index < -0.39 is 18.1 Å². The molecule has 0 saturated carbocycles. The molecule has 0 fully saturated rings. The van der Waals surface area contributed by atoms with Crippen molar-refractivity contribution in [1.29, 1.82) is 0 Å². The maximum atomic E-state index is 10.1. The van der Waals surface area contributed by atoms with E-state index in [9.17, 15) is 4.79 Å². The second kappa shape index (κ2) is 6.39. The maximum Gasteiger partial charge on any atom is 0.334 e. The Bertz CT molecular complexity index is 120. The highest BCUT2D eigenvalue weighted by atomic mass is 35.5. The molecule has 5 heteroatoms. The van der Waals surface area contributed by atoms with E-state index in [0.717, 1.165) is 6.42 Å². The minimum absolute atomic E-state index is 0. The molecule has 4 N–H and O–H groups in total. The van der Waals surface area contributed by atoms with Gasteiger partial charge >= 0.3 is 5.97 Å². The lowest BCUT2D eigenvalue weighted by Crippen LogP contribution is -2.40. The van der Waals surface area contributed by atoms with Gasteiger partial charge in [-0.15, -0.1) is 12.4 Å². The van der Waals surface area contributed by atoms with Gasteiger partial charge in [0.2, 0.25) is 0 Å². The number of rotatable bonds is 4. The van der Waals surface area contributed by atoms with Crippen LogP contribution in [0.5, 0.6) is 0 Å². The number of hydrogen-bond acceptors (Lipinski definition) is 3. The SMILES string of the molecule is CCC[C@@H](N)[C@@H](O)C(=O)O.Cl. The summed E-state index contributed by atoms with van der Waals surface area (Å²) in [5.74, 6) is -1.25. The monoisotopic (exact) mass is 183 g/mol. The van der Waals surface area contributed by atoms with Gasteiger partial charge in [-0.2, -0.15) is 0 Å². The molecule has 0 aromatic heterocycles. The molecule has 0 unspecified atom stereocenters. The quantitative estimate of drug-likeness (QED) is 0.572. The molecule has 0 aromatic rings. The van der Waals surface area contributed by atoms with Crippen LogP contribution in [0.1, 0.15) is 19.8 Å². The van der Waals surface area contributed by atoms with Crippen molar-refractivity contribution in [3.63, 3.8) is 0 Å². The third-order valence-corrected chi connectivity index (χ3v) is 1.28. The van der Waals surface area contributed by atoms with Crippen molar-refractivity contribution in [2.24, 2.45) is 5.73 Å². The summed E-state index contributed by atoms with van der Waals surface area (Å²) in [6.45, 7) is 1.88. The normalized spacial score (nSPS) is 14.8. The van der Waals surface area contributed by atoms with Crippen molar-refractivity contribution in [1.82, 2.24) is 0 Å². The number of nitrogens with two attached hydrogens (primary N) is 1. The lowest BCUT2D eigenvalue weighted by atomic mass is 10.1. The molecule has 0 radical (unpaired) electrons. The van der Waals surface area contributed by atoms with E-state index in [4.69, 9.17) is 15.9 Å². The van der Waals surface area contributed by atoms with Gasteiger partial charge in [-0.25, -0.2) is 4.79 Å². The van der Waals surface area contributed by atoms with Gasteiger partial charge in [0.15, 0.2) is 6.10 Å². The predicted octanol–water partition coefficient (Wildman–Crippen LogP) is -0.0189. The van der Waals surface area contributed by atoms with Gasteiger partial charge in [0, 0.05) is 6.04 Å². The van der Waals surface area contributed by atoms with Crippen LogP contribution in [0.4, 0.5) is 0 Å². The maximum absolute atomic E-state index is 10.1. The average Bonchev–Trinajstić information content (AvgIpc) is 1.87. The van der Waals surface area contributed by atoms with Gasteiger partial charge in [0.1, 0.15) is 0 Å². The average molecular weight is 184 g/mol. The zero-order valence-electron chi connectivity index (χ0n) is 6.36. The van der Waals surface area contributed by atoms with Crippen LogP contribution in [0.25, 0.3) is 0 Å². The second-order valence-corrected chi connectivity index (χ2v) is 2.24. The van der Waals surface area contributed by atoms with Crippen LogP contribution < -0.4 is 5.73 Å². The second-order valence-electron chi connectivity index (χ2n) is 2.24. The van der Waals surface area contributed by atoms with Crippen LogP contribution in [-0.4, -0.2) is 28.3 Å². The number of aliphatic hydroxyl groups excluding tert-OH is 1. The summed E-state index contributed by atoms with van der Waals surface area (Å²) in [6, 6.07) is -0.637. The molecule has 0 amide bonds. The predicted molar refractivity (Wildman–Crippen MR) is 43.8 cm³/mol. The Morgan fingerprint density at radius 2 is 2.09 bits per heavy atom. The summed E-state index contributed by atoms with van der Waals surface area (Å²) in [4.78, 5) is 10.1. The molecule has 0 aliphatic carbocycles. The molecule has 11 heavy (non-hydrogen) atoms. The molecule has 0 heterocycles. The third kappa shape index (κ3) is 5.01. The van der Waals surface area contributed by atoms with E-state index in [0.29, 0.717) is 6.42 Å². The Morgan fingerprint density at radius 1 is 1.64 bits per heavy atom. The minimum Gasteiger partial charge on any atom is -0.479 e. The molecule has 0 aliphatic heterocycles. The molecule has 0 aliphatic rings. The first-order chi connectivity index (χ1) is 4.59. The Labute approximate surface area is 71.8 Å². The van der Waals surface area contributed by atoms with Crippen molar-refractivity contribution in [3.05, 3.63) is 0 Å². The molecule has 0 spiro atoms. The van der Waals surface area contributed by atoms with Gasteiger partial charge in [0.25, 0.3) is 0 Å². The topological polar surface area (TPSA) is 83.5 Å². The summed E-state index contributed by atoms with van der Waals surface area (Å²) >= 11 is 0. The molecule has 0 rings (SSSR count). The molecular weight excluding hydrogens is 170 g/mol. The molecule has 2 atom stereocenters. The lowest BCUT2D eigenvalue weighted by molar-refractivity contribution is -0.147. The van der Waals surface area contributed by atoms with Gasteiger partial charge in [-0.05, 0) is 6.42 Å². The largest absolute Gasteiger partial charge is 0.479 e. The van der Waals surface area contributed by atoms with Gasteiger partial charge < -0.3 is 15.9 Å². The number of halogens is 1. The van der Waals surface area contributed by atoms with Crippen LogP contribution in [0.2, 0.25) is 0 Å². The molecular formula is C6H14ClNO3. The van der Waals surface area contributed by atoms with Crippen LogP contribution >= 0.6 is 12.4 Å². The van der Waals surface area contributed by atoms with Crippen LogP contribution in [0.3, 0.4) is 0 Å². The highest BCUT2D eigenvalue weighted by Gasteiger charge is 2.20. The Morgan fingerprint density at radius 3 is 2.36 bits per heavy atom. The molecule has 0 saturated heterocycles. The lowest BCUT2D eigenvalue weighted by Gasteiger charge is -2.12. The highest BCUT2D eigenvalue weighted by Crippen LogP contribution is 1.98. The molecule has 0 bridgehead atoms. The fourth-order valence-corrected chi connectivity index (χ4v) is 0.674. The Kier molecular flexibility index (Phi) is 7.72. The van der Waals surface area contributed by atoms with E-state index in [-0.39, 0.29) is 12.4 Å². The molecule has 0 aromatic carbocycles. The molecule has 4 nitrogen and oxygen atoms in total. The fraction of sp³-hybridized carbons (Fsp3) is 0.833. The van der Waals surface area contributed by atoms with Crippen molar-refractivity contribution in [2.75, 3.05) is 0 Å². The summed E-state index contributed by atoms with van der Waals surface area (Å²) < 4.78 is 0.